The number of carbonyl (C=O) groups is 2. The number of hydrogen-bond acceptors (Lipinski definition) is 3. The minimum atomic E-state index is -0.586. The van der Waals surface area contributed by atoms with Gasteiger partial charge in [-0.1, -0.05) is 11.6 Å². The van der Waals surface area contributed by atoms with Gasteiger partial charge in [-0.15, -0.1) is 0 Å². The maximum Gasteiger partial charge on any atom is 0.258 e. The summed E-state index contributed by atoms with van der Waals surface area (Å²) in [6.07, 6.45) is 3.12. The second kappa shape index (κ2) is 4.45. The summed E-state index contributed by atoms with van der Waals surface area (Å²) in [4.78, 5) is 22.5. The van der Waals surface area contributed by atoms with Crippen LogP contribution in [0.4, 0.5) is 4.39 Å². The third kappa shape index (κ3) is 2.16. The Labute approximate surface area is 120 Å². The molecule has 20 heavy (non-hydrogen) atoms. The molecule has 1 aromatic rings. The Morgan fingerprint density at radius 2 is 2.15 bits per heavy atom. The van der Waals surface area contributed by atoms with Gasteiger partial charge in [0, 0.05) is 17.0 Å². The standard InChI is InChI=1S/C14H13ClFNO3/c15-10-2-1-9(3-11(10)16)20-4-12(19)17-14-5-13(6-14,7-14)8-18/h1-3,8H,4-7H2,(H,17,19). The second-order valence-electron chi connectivity index (χ2n) is 5.70. The summed E-state index contributed by atoms with van der Waals surface area (Å²) in [5.41, 5.74) is -0.403. The molecule has 0 unspecified atom stereocenters. The third-order valence-corrected chi connectivity index (χ3v) is 4.29. The summed E-state index contributed by atoms with van der Waals surface area (Å²) in [5, 5.41) is 2.88. The number of ether oxygens (including phenoxy) is 1. The largest absolute Gasteiger partial charge is 0.484 e. The molecule has 0 saturated heterocycles. The van der Waals surface area contributed by atoms with E-state index in [0.717, 1.165) is 12.4 Å². The Morgan fingerprint density at radius 1 is 1.45 bits per heavy atom. The second-order valence-corrected chi connectivity index (χ2v) is 6.11. The molecule has 0 aliphatic heterocycles. The van der Waals surface area contributed by atoms with E-state index < -0.39 is 5.82 Å². The van der Waals surface area contributed by atoms with Crippen LogP contribution in [0.3, 0.4) is 0 Å². The number of nitrogens with one attached hydrogen (secondary N) is 1. The monoisotopic (exact) mass is 297 g/mol. The highest BCUT2D eigenvalue weighted by atomic mass is 35.5. The maximum absolute atomic E-state index is 13.2. The van der Waals surface area contributed by atoms with Crippen molar-refractivity contribution in [3.05, 3.63) is 29.0 Å². The van der Waals surface area contributed by atoms with Crippen molar-refractivity contribution < 1.29 is 18.7 Å². The first-order chi connectivity index (χ1) is 9.46. The van der Waals surface area contributed by atoms with Crippen LogP contribution in [0, 0.1) is 11.2 Å². The lowest BCUT2D eigenvalue weighted by atomic mass is 9.40. The zero-order valence-corrected chi connectivity index (χ0v) is 11.4. The highest BCUT2D eigenvalue weighted by molar-refractivity contribution is 6.30. The number of aldehydes is 1. The maximum atomic E-state index is 13.2. The average molecular weight is 298 g/mol. The SMILES string of the molecule is O=CC12CC(NC(=O)COc3ccc(Cl)c(F)c3)(C1)C2. The number of rotatable bonds is 5. The van der Waals surface area contributed by atoms with Crippen LogP contribution < -0.4 is 10.1 Å². The smallest absolute Gasteiger partial charge is 0.258 e. The fraction of sp³-hybridized carbons (Fsp3) is 0.429. The fourth-order valence-corrected chi connectivity index (χ4v) is 3.29. The number of benzene rings is 1. The predicted octanol–water partition coefficient (Wildman–Crippen LogP) is 2.10. The van der Waals surface area contributed by atoms with Crippen LogP contribution in [-0.2, 0) is 9.59 Å². The number of hydrogen-bond donors (Lipinski definition) is 1. The van der Waals surface area contributed by atoms with Crippen molar-refractivity contribution >= 4 is 23.8 Å². The molecule has 1 amide bonds. The Kier molecular flexibility index (Phi) is 2.97. The highest BCUT2D eigenvalue weighted by Gasteiger charge is 2.68. The van der Waals surface area contributed by atoms with E-state index in [1.165, 1.54) is 12.1 Å². The fourth-order valence-electron chi connectivity index (χ4n) is 3.17. The van der Waals surface area contributed by atoms with Gasteiger partial charge >= 0.3 is 0 Å². The highest BCUT2D eigenvalue weighted by Crippen LogP contribution is 2.65. The number of amides is 1. The molecule has 3 fully saturated rings. The lowest BCUT2D eigenvalue weighted by molar-refractivity contribution is -0.170. The van der Waals surface area contributed by atoms with Crippen LogP contribution in [0.2, 0.25) is 5.02 Å². The van der Waals surface area contributed by atoms with E-state index in [0.29, 0.717) is 19.3 Å². The molecule has 0 radical (unpaired) electrons. The van der Waals surface area contributed by atoms with E-state index in [1.807, 2.05) is 0 Å². The number of halogens is 2. The molecule has 1 N–H and O–H groups in total. The normalized spacial score (nSPS) is 29.9. The summed E-state index contributed by atoms with van der Waals surface area (Å²) in [6.45, 7) is -0.184. The van der Waals surface area contributed by atoms with E-state index in [1.54, 1.807) is 0 Å². The topological polar surface area (TPSA) is 55.4 Å². The molecule has 3 aliphatic rings. The zero-order valence-electron chi connectivity index (χ0n) is 10.6. The summed E-state index contributed by atoms with van der Waals surface area (Å²) in [5.74, 6) is -0.597. The Morgan fingerprint density at radius 3 is 2.75 bits per heavy atom. The van der Waals surface area contributed by atoms with Gasteiger partial charge in [-0.2, -0.15) is 0 Å². The van der Waals surface area contributed by atoms with Gasteiger partial charge < -0.3 is 14.8 Å². The molecule has 0 spiro atoms. The summed E-state index contributed by atoms with van der Waals surface area (Å²) < 4.78 is 18.4. The van der Waals surface area contributed by atoms with E-state index in [4.69, 9.17) is 16.3 Å². The molecule has 6 heteroatoms. The first-order valence-corrected chi connectivity index (χ1v) is 6.69. The summed E-state index contributed by atoms with van der Waals surface area (Å²) in [6, 6.07) is 4.01. The molecule has 0 aromatic heterocycles. The summed E-state index contributed by atoms with van der Waals surface area (Å²) >= 11 is 5.55. The van der Waals surface area contributed by atoms with Gasteiger partial charge in [0.15, 0.2) is 6.61 Å². The van der Waals surface area contributed by atoms with Crippen molar-refractivity contribution in [1.29, 1.82) is 0 Å². The molecule has 106 valence electrons. The number of carbonyl (C=O) groups excluding carboxylic acids is 2. The van der Waals surface area contributed by atoms with Crippen molar-refractivity contribution in [2.24, 2.45) is 5.41 Å². The lowest BCUT2D eigenvalue weighted by Crippen LogP contribution is -2.75. The quantitative estimate of drug-likeness (QED) is 0.847. The van der Waals surface area contributed by atoms with E-state index in [-0.39, 0.29) is 34.2 Å². The van der Waals surface area contributed by atoms with Gasteiger partial charge in [0.1, 0.15) is 17.9 Å². The van der Waals surface area contributed by atoms with E-state index in [9.17, 15) is 14.0 Å². The molecule has 3 saturated carbocycles. The van der Waals surface area contributed by atoms with Gasteiger partial charge in [0.25, 0.3) is 5.91 Å². The van der Waals surface area contributed by atoms with Crippen molar-refractivity contribution in [3.63, 3.8) is 0 Å². The van der Waals surface area contributed by atoms with Crippen LogP contribution in [0.1, 0.15) is 19.3 Å². The zero-order chi connectivity index (χ0) is 14.4. The van der Waals surface area contributed by atoms with Gasteiger partial charge in [-0.3, -0.25) is 4.79 Å². The predicted molar refractivity (Wildman–Crippen MR) is 70.1 cm³/mol. The Balaban J connectivity index is 1.48. The van der Waals surface area contributed by atoms with Crippen LogP contribution in [0.5, 0.6) is 5.75 Å². The van der Waals surface area contributed by atoms with Crippen LogP contribution in [0.15, 0.2) is 18.2 Å². The van der Waals surface area contributed by atoms with Gasteiger partial charge in [-0.25, -0.2) is 4.39 Å². The molecule has 0 atom stereocenters. The van der Waals surface area contributed by atoms with Gasteiger partial charge in [0.05, 0.1) is 5.02 Å². The molecule has 4 rings (SSSR count). The van der Waals surface area contributed by atoms with Crippen molar-refractivity contribution in [2.75, 3.05) is 6.61 Å². The average Bonchev–Trinajstić information content (AvgIpc) is 2.33. The Hall–Kier alpha value is -1.62. The molecular formula is C14H13ClFNO3. The minimum Gasteiger partial charge on any atom is -0.484 e. The van der Waals surface area contributed by atoms with Crippen molar-refractivity contribution in [2.45, 2.75) is 24.8 Å². The molecule has 4 nitrogen and oxygen atoms in total. The molecular weight excluding hydrogens is 285 g/mol. The van der Waals surface area contributed by atoms with E-state index >= 15 is 0 Å². The van der Waals surface area contributed by atoms with Crippen LogP contribution >= 0.6 is 11.6 Å². The molecule has 2 bridgehead atoms. The summed E-state index contributed by atoms with van der Waals surface area (Å²) in [7, 11) is 0. The molecule has 0 heterocycles. The lowest BCUT2D eigenvalue weighted by Gasteiger charge is -2.68. The van der Waals surface area contributed by atoms with Crippen LogP contribution in [-0.4, -0.2) is 24.3 Å². The molecule has 1 aromatic carbocycles. The first-order valence-electron chi connectivity index (χ1n) is 6.31. The van der Waals surface area contributed by atoms with E-state index in [2.05, 4.69) is 5.32 Å². The molecule has 3 aliphatic carbocycles. The van der Waals surface area contributed by atoms with Gasteiger partial charge in [-0.05, 0) is 31.4 Å². The van der Waals surface area contributed by atoms with Gasteiger partial charge in [0.2, 0.25) is 0 Å². The van der Waals surface area contributed by atoms with Crippen molar-refractivity contribution in [3.8, 4) is 5.75 Å². The van der Waals surface area contributed by atoms with Crippen molar-refractivity contribution in [1.82, 2.24) is 5.32 Å². The Bertz CT molecular complexity index is 570. The third-order valence-electron chi connectivity index (χ3n) is 3.99. The van der Waals surface area contributed by atoms with Crippen LogP contribution in [0.25, 0.3) is 0 Å². The first kappa shape index (κ1) is 13.4. The minimum absolute atomic E-state index is 0.00910.